The molecule has 38 heavy (non-hydrogen) atoms. The lowest BCUT2D eigenvalue weighted by molar-refractivity contribution is -0.141. The highest BCUT2D eigenvalue weighted by atomic mass is 35.5. The summed E-state index contributed by atoms with van der Waals surface area (Å²) in [5.41, 5.74) is 6.52. The topological polar surface area (TPSA) is 114 Å². The van der Waals surface area contributed by atoms with Crippen LogP contribution in [0, 0.1) is 17.3 Å². The van der Waals surface area contributed by atoms with E-state index in [2.05, 4.69) is 19.2 Å². The summed E-state index contributed by atoms with van der Waals surface area (Å²) < 4.78 is 10.9. The lowest BCUT2D eigenvalue weighted by atomic mass is 9.86. The van der Waals surface area contributed by atoms with E-state index in [1.807, 2.05) is 32.0 Å². The van der Waals surface area contributed by atoms with Crippen molar-refractivity contribution < 1.29 is 24.2 Å². The second-order valence-corrected chi connectivity index (χ2v) is 11.3. The Morgan fingerprint density at radius 2 is 1.87 bits per heavy atom. The van der Waals surface area contributed by atoms with Gasteiger partial charge in [-0.15, -0.1) is 12.4 Å². The molecule has 1 saturated heterocycles. The zero-order chi connectivity index (χ0) is 27.4. The van der Waals surface area contributed by atoms with Gasteiger partial charge < -0.3 is 30.5 Å². The first-order valence-corrected chi connectivity index (χ1v) is 13.8. The molecule has 1 heterocycles. The first-order valence-electron chi connectivity index (χ1n) is 13.8. The summed E-state index contributed by atoms with van der Waals surface area (Å²) in [7, 11) is 1.68. The molecular formula is C29H50ClN3O5. The number of carbonyl (C=O) groups excluding carboxylic acids is 2. The smallest absolute Gasteiger partial charge is 0.255 e. The molecule has 3 atom stereocenters. The van der Waals surface area contributed by atoms with E-state index in [4.69, 9.17) is 15.2 Å². The molecule has 1 aliphatic rings. The molecule has 0 radical (unpaired) electrons. The summed E-state index contributed by atoms with van der Waals surface area (Å²) >= 11 is 0. The Labute approximate surface area is 235 Å². The SMILES string of the molecule is COCCCCOc1ccccc1C(=O)NCC(CC(N)C(O)CN1CCCCC(C)(C)C1=O)C(C)C.Cl. The molecule has 8 nitrogen and oxygen atoms in total. The Bertz CT molecular complexity index is 851. The number of halogens is 1. The van der Waals surface area contributed by atoms with E-state index in [0.717, 1.165) is 32.1 Å². The van der Waals surface area contributed by atoms with E-state index in [1.165, 1.54) is 0 Å². The monoisotopic (exact) mass is 555 g/mol. The predicted octanol–water partition coefficient (Wildman–Crippen LogP) is 4.03. The molecule has 2 amide bonds. The number of methoxy groups -OCH3 is 1. The summed E-state index contributed by atoms with van der Waals surface area (Å²) in [5, 5.41) is 13.9. The van der Waals surface area contributed by atoms with Gasteiger partial charge in [0.2, 0.25) is 5.91 Å². The largest absolute Gasteiger partial charge is 0.493 e. The van der Waals surface area contributed by atoms with Gasteiger partial charge in [-0.2, -0.15) is 0 Å². The van der Waals surface area contributed by atoms with Crippen molar-refractivity contribution in [2.75, 3.05) is 40.0 Å². The molecule has 0 spiro atoms. The molecule has 218 valence electrons. The molecule has 1 aromatic rings. The second kappa shape index (κ2) is 17.0. The number of hydrogen-bond donors (Lipinski definition) is 3. The van der Waals surface area contributed by atoms with Gasteiger partial charge >= 0.3 is 0 Å². The highest BCUT2D eigenvalue weighted by Gasteiger charge is 2.35. The van der Waals surface area contributed by atoms with Crippen LogP contribution in [0.5, 0.6) is 5.75 Å². The van der Waals surface area contributed by atoms with Gasteiger partial charge in [-0.05, 0) is 56.1 Å². The summed E-state index contributed by atoms with van der Waals surface area (Å²) in [4.78, 5) is 27.7. The van der Waals surface area contributed by atoms with E-state index >= 15 is 0 Å². The molecular weight excluding hydrogens is 506 g/mol. The summed E-state index contributed by atoms with van der Waals surface area (Å²) in [6.45, 7) is 10.7. The van der Waals surface area contributed by atoms with Crippen molar-refractivity contribution in [2.45, 2.75) is 78.4 Å². The average Bonchev–Trinajstić information content (AvgIpc) is 2.99. The van der Waals surface area contributed by atoms with E-state index in [1.54, 1.807) is 18.1 Å². The Morgan fingerprint density at radius 1 is 1.18 bits per heavy atom. The minimum atomic E-state index is -0.818. The van der Waals surface area contributed by atoms with E-state index < -0.39 is 17.6 Å². The van der Waals surface area contributed by atoms with Crippen LogP contribution in [0.2, 0.25) is 0 Å². The standard InChI is InChI=1S/C29H49N3O5.ClH/c1-21(2)22(18-24(30)25(33)20-32-15-9-8-14-29(3,4)28(32)35)19-31-27(34)23-12-6-7-13-26(23)37-17-11-10-16-36-5;/h6-7,12-13,21-22,24-25,33H,8-11,14-20,30H2,1-5H3,(H,31,34);1H. The number of hydrogen-bond acceptors (Lipinski definition) is 6. The minimum absolute atomic E-state index is 0. The van der Waals surface area contributed by atoms with Crippen molar-refractivity contribution in [1.82, 2.24) is 10.2 Å². The maximum absolute atomic E-state index is 13.0. The molecule has 0 bridgehead atoms. The molecule has 9 heteroatoms. The van der Waals surface area contributed by atoms with Gasteiger partial charge in [-0.3, -0.25) is 9.59 Å². The normalized spacial score (nSPS) is 17.8. The third-order valence-electron chi connectivity index (χ3n) is 7.42. The number of β-amino-alcohol motifs (C(OH)–C–C–N with tert-alkyl or cyclic N) is 1. The number of likely N-dealkylation sites (tertiary alicyclic amines) is 1. The zero-order valence-corrected chi connectivity index (χ0v) is 24.7. The van der Waals surface area contributed by atoms with Crippen LogP contribution in [-0.4, -0.2) is 73.9 Å². The number of ether oxygens (including phenoxy) is 2. The summed E-state index contributed by atoms with van der Waals surface area (Å²) in [5.74, 6) is 0.792. The van der Waals surface area contributed by atoms with Crippen molar-refractivity contribution >= 4 is 24.2 Å². The van der Waals surface area contributed by atoms with Crippen molar-refractivity contribution in [3.05, 3.63) is 29.8 Å². The van der Waals surface area contributed by atoms with Crippen LogP contribution >= 0.6 is 12.4 Å². The van der Waals surface area contributed by atoms with E-state index in [0.29, 0.717) is 44.0 Å². The molecule has 1 fully saturated rings. The number of carbonyl (C=O) groups is 2. The van der Waals surface area contributed by atoms with Crippen LogP contribution < -0.4 is 15.8 Å². The summed E-state index contributed by atoms with van der Waals surface area (Å²) in [6.07, 6.45) is 4.28. The number of benzene rings is 1. The molecule has 0 saturated carbocycles. The van der Waals surface area contributed by atoms with Crippen LogP contribution in [0.25, 0.3) is 0 Å². The molecule has 1 aromatic carbocycles. The first kappa shape index (κ1) is 34.2. The third-order valence-corrected chi connectivity index (χ3v) is 7.42. The molecule has 3 unspecified atom stereocenters. The van der Waals surface area contributed by atoms with Gasteiger partial charge in [0.05, 0.1) is 18.3 Å². The van der Waals surface area contributed by atoms with Crippen LogP contribution in [0.15, 0.2) is 24.3 Å². The number of nitrogens with zero attached hydrogens (tertiary/aromatic N) is 1. The minimum Gasteiger partial charge on any atom is -0.493 e. The number of nitrogens with two attached hydrogens (primary N) is 1. The van der Waals surface area contributed by atoms with Crippen LogP contribution in [0.3, 0.4) is 0 Å². The van der Waals surface area contributed by atoms with Gasteiger partial charge in [0, 0.05) is 44.8 Å². The maximum Gasteiger partial charge on any atom is 0.255 e. The number of aliphatic hydroxyl groups is 1. The number of amides is 2. The fourth-order valence-corrected chi connectivity index (χ4v) is 4.77. The highest BCUT2D eigenvalue weighted by molar-refractivity contribution is 5.96. The Kier molecular flexibility index (Phi) is 15.2. The fourth-order valence-electron chi connectivity index (χ4n) is 4.77. The van der Waals surface area contributed by atoms with E-state index in [-0.39, 0.29) is 42.6 Å². The summed E-state index contributed by atoms with van der Waals surface area (Å²) in [6, 6.07) is 6.76. The zero-order valence-electron chi connectivity index (χ0n) is 23.9. The molecule has 4 N–H and O–H groups in total. The van der Waals surface area contributed by atoms with Crippen molar-refractivity contribution in [3.8, 4) is 5.75 Å². The number of aliphatic hydroxyl groups excluding tert-OH is 1. The van der Waals surface area contributed by atoms with Crippen molar-refractivity contribution in [3.63, 3.8) is 0 Å². The predicted molar refractivity (Wildman–Crippen MR) is 154 cm³/mol. The maximum atomic E-state index is 13.0. The van der Waals surface area contributed by atoms with Crippen molar-refractivity contribution in [1.29, 1.82) is 0 Å². The number of para-hydroxylation sites is 1. The molecule has 1 aliphatic heterocycles. The average molecular weight is 556 g/mol. The van der Waals surface area contributed by atoms with E-state index in [9.17, 15) is 14.7 Å². The molecule has 0 aromatic heterocycles. The Balaban J connectivity index is 0.00000722. The van der Waals surface area contributed by atoms with Gasteiger partial charge in [-0.1, -0.05) is 46.2 Å². The lowest BCUT2D eigenvalue weighted by Crippen LogP contribution is -2.49. The highest BCUT2D eigenvalue weighted by Crippen LogP contribution is 2.30. The van der Waals surface area contributed by atoms with Gasteiger partial charge in [0.15, 0.2) is 0 Å². The van der Waals surface area contributed by atoms with Crippen LogP contribution in [-0.2, 0) is 9.53 Å². The molecule has 2 rings (SSSR count). The first-order chi connectivity index (χ1) is 17.6. The van der Waals surface area contributed by atoms with Crippen molar-refractivity contribution in [2.24, 2.45) is 23.0 Å². The number of unbranched alkanes of at least 4 members (excludes halogenated alkanes) is 1. The van der Waals surface area contributed by atoms with Crippen LogP contribution in [0.4, 0.5) is 0 Å². The second-order valence-electron chi connectivity index (χ2n) is 11.3. The number of rotatable bonds is 15. The van der Waals surface area contributed by atoms with Gasteiger partial charge in [-0.25, -0.2) is 0 Å². The lowest BCUT2D eigenvalue weighted by Gasteiger charge is -2.33. The fraction of sp³-hybridized carbons (Fsp3) is 0.724. The van der Waals surface area contributed by atoms with Gasteiger partial charge in [0.25, 0.3) is 5.91 Å². The third kappa shape index (κ3) is 10.7. The molecule has 0 aliphatic carbocycles. The van der Waals surface area contributed by atoms with Crippen LogP contribution in [0.1, 0.15) is 76.6 Å². The Morgan fingerprint density at radius 3 is 2.55 bits per heavy atom. The quantitative estimate of drug-likeness (QED) is 0.281. The van der Waals surface area contributed by atoms with Gasteiger partial charge in [0.1, 0.15) is 5.75 Å². The Hall–Kier alpha value is -1.87. The number of nitrogens with one attached hydrogen (secondary N) is 1.